The van der Waals surface area contributed by atoms with Crippen molar-refractivity contribution in [1.82, 2.24) is 4.98 Å². The molecule has 0 aromatic carbocycles. The van der Waals surface area contributed by atoms with Gasteiger partial charge in [-0.2, -0.15) is 0 Å². The molecule has 1 N–H and O–H groups in total. The van der Waals surface area contributed by atoms with E-state index in [0.717, 1.165) is 13.2 Å². The second kappa shape index (κ2) is 4.90. The van der Waals surface area contributed by atoms with Crippen LogP contribution in [0.4, 0.5) is 0 Å². The third-order valence-corrected chi connectivity index (χ3v) is 1.61. The number of hydrogen-bond acceptors (Lipinski definition) is 5. The highest BCUT2D eigenvalue weighted by Crippen LogP contribution is 2.08. The molecular weight excluding hydrogens is 198 g/mol. The first kappa shape index (κ1) is 10.9. The second-order valence-corrected chi connectivity index (χ2v) is 2.63. The van der Waals surface area contributed by atoms with Gasteiger partial charge in [0.2, 0.25) is 0 Å². The quantitative estimate of drug-likeness (QED) is 0.342. The van der Waals surface area contributed by atoms with E-state index >= 15 is 0 Å². The van der Waals surface area contributed by atoms with Crippen molar-refractivity contribution in [3.63, 3.8) is 0 Å². The number of esters is 1. The minimum Gasteiger partial charge on any atom is -0.507 e. The van der Waals surface area contributed by atoms with E-state index in [0.29, 0.717) is 5.56 Å². The standard InChI is InChI=1S/C10H9NO4/c1-15-10(14)9(13)5-8(12)7-3-2-4-11-6-7/h2-6,12H,1H3/b8-5-. The van der Waals surface area contributed by atoms with E-state index in [9.17, 15) is 14.7 Å². The Balaban J connectivity index is 2.86. The molecule has 0 aliphatic heterocycles. The van der Waals surface area contributed by atoms with Crippen molar-refractivity contribution in [3.8, 4) is 0 Å². The van der Waals surface area contributed by atoms with Crippen molar-refractivity contribution >= 4 is 17.5 Å². The summed E-state index contributed by atoms with van der Waals surface area (Å²) >= 11 is 0. The zero-order chi connectivity index (χ0) is 11.3. The molecular formula is C10H9NO4. The molecule has 0 aliphatic carbocycles. The minimum atomic E-state index is -1.02. The number of carbonyl (C=O) groups is 2. The molecule has 0 amide bonds. The number of rotatable bonds is 3. The van der Waals surface area contributed by atoms with Crippen molar-refractivity contribution in [2.75, 3.05) is 7.11 Å². The molecule has 15 heavy (non-hydrogen) atoms. The molecule has 0 fully saturated rings. The Morgan fingerprint density at radius 2 is 2.27 bits per heavy atom. The molecule has 0 atom stereocenters. The zero-order valence-corrected chi connectivity index (χ0v) is 8.01. The third kappa shape index (κ3) is 2.91. The summed E-state index contributed by atoms with van der Waals surface area (Å²) in [6.07, 6.45) is 3.69. The van der Waals surface area contributed by atoms with Crippen LogP contribution in [-0.4, -0.2) is 29.0 Å². The van der Waals surface area contributed by atoms with Gasteiger partial charge in [0.15, 0.2) is 0 Å². The monoisotopic (exact) mass is 207 g/mol. The number of pyridine rings is 1. The number of nitrogens with zero attached hydrogens (tertiary/aromatic N) is 1. The van der Waals surface area contributed by atoms with Gasteiger partial charge >= 0.3 is 5.97 Å². The van der Waals surface area contributed by atoms with Gasteiger partial charge in [-0.05, 0) is 12.1 Å². The van der Waals surface area contributed by atoms with Crippen LogP contribution in [0.25, 0.3) is 5.76 Å². The first-order chi connectivity index (χ1) is 7.15. The largest absolute Gasteiger partial charge is 0.507 e. The first-order valence-corrected chi connectivity index (χ1v) is 4.08. The molecule has 0 radical (unpaired) electrons. The SMILES string of the molecule is COC(=O)C(=O)/C=C(\O)c1cccnc1. The summed E-state index contributed by atoms with van der Waals surface area (Å²) in [6.45, 7) is 0. The van der Waals surface area contributed by atoms with Crippen LogP contribution in [0, 0.1) is 0 Å². The Hall–Kier alpha value is -2.17. The molecule has 1 rings (SSSR count). The second-order valence-electron chi connectivity index (χ2n) is 2.63. The molecule has 1 aromatic rings. The first-order valence-electron chi connectivity index (χ1n) is 4.08. The smallest absolute Gasteiger partial charge is 0.378 e. The molecule has 5 heteroatoms. The van der Waals surface area contributed by atoms with Gasteiger partial charge in [-0.3, -0.25) is 9.78 Å². The molecule has 0 aliphatic rings. The number of ketones is 1. The molecule has 0 saturated carbocycles. The molecule has 1 aromatic heterocycles. The molecule has 0 unspecified atom stereocenters. The number of aromatic nitrogens is 1. The fourth-order valence-electron chi connectivity index (χ4n) is 0.881. The maximum Gasteiger partial charge on any atom is 0.378 e. The molecule has 78 valence electrons. The van der Waals surface area contributed by atoms with Gasteiger partial charge in [0.05, 0.1) is 7.11 Å². The van der Waals surface area contributed by atoms with Crippen molar-refractivity contribution in [1.29, 1.82) is 0 Å². The van der Waals surface area contributed by atoms with E-state index in [1.807, 2.05) is 0 Å². The Labute approximate surface area is 86.0 Å². The van der Waals surface area contributed by atoms with Crippen LogP contribution >= 0.6 is 0 Å². The van der Waals surface area contributed by atoms with Crippen molar-refractivity contribution in [2.45, 2.75) is 0 Å². The van der Waals surface area contributed by atoms with E-state index in [2.05, 4.69) is 9.72 Å². The van der Waals surface area contributed by atoms with Gasteiger partial charge < -0.3 is 9.84 Å². The zero-order valence-electron chi connectivity index (χ0n) is 8.01. The number of aliphatic hydroxyl groups is 1. The summed E-state index contributed by atoms with van der Waals surface area (Å²) < 4.78 is 4.19. The normalized spacial score (nSPS) is 10.9. The number of hydrogen-bond donors (Lipinski definition) is 1. The number of ether oxygens (including phenoxy) is 1. The minimum absolute atomic E-state index is 0.321. The van der Waals surface area contributed by atoms with Crippen LogP contribution in [0.2, 0.25) is 0 Å². The lowest BCUT2D eigenvalue weighted by atomic mass is 10.2. The Morgan fingerprint density at radius 3 is 2.80 bits per heavy atom. The van der Waals surface area contributed by atoms with Crippen LogP contribution < -0.4 is 0 Å². The van der Waals surface area contributed by atoms with Crippen LogP contribution in [0.1, 0.15) is 5.56 Å². The van der Waals surface area contributed by atoms with Gasteiger partial charge in [-0.25, -0.2) is 4.79 Å². The molecule has 0 spiro atoms. The van der Waals surface area contributed by atoms with Crippen molar-refractivity contribution < 1.29 is 19.4 Å². The predicted molar refractivity (Wildman–Crippen MR) is 51.9 cm³/mol. The summed E-state index contributed by atoms with van der Waals surface area (Å²) in [5.74, 6) is -2.26. The maximum atomic E-state index is 11.0. The van der Waals surface area contributed by atoms with Gasteiger partial charge in [-0.1, -0.05) is 0 Å². The molecule has 0 saturated heterocycles. The molecule has 0 bridgehead atoms. The lowest BCUT2D eigenvalue weighted by Gasteiger charge is -1.98. The number of carbonyl (C=O) groups excluding carboxylic acids is 2. The summed E-state index contributed by atoms with van der Waals surface area (Å²) in [5, 5.41) is 9.43. The van der Waals surface area contributed by atoms with Gasteiger partial charge in [-0.15, -0.1) is 0 Å². The third-order valence-electron chi connectivity index (χ3n) is 1.61. The van der Waals surface area contributed by atoms with Crippen molar-refractivity contribution in [2.24, 2.45) is 0 Å². The van der Waals surface area contributed by atoms with Gasteiger partial charge in [0, 0.05) is 24.0 Å². The highest BCUT2D eigenvalue weighted by molar-refractivity contribution is 6.39. The topological polar surface area (TPSA) is 76.5 Å². The van der Waals surface area contributed by atoms with E-state index in [-0.39, 0.29) is 5.76 Å². The average Bonchev–Trinajstić information content (AvgIpc) is 2.29. The summed E-state index contributed by atoms with van der Waals surface area (Å²) in [7, 11) is 1.09. The predicted octanol–water partition coefficient (Wildman–Crippen LogP) is 0.723. The van der Waals surface area contributed by atoms with E-state index < -0.39 is 11.8 Å². The van der Waals surface area contributed by atoms with Crippen LogP contribution in [-0.2, 0) is 14.3 Å². The van der Waals surface area contributed by atoms with Gasteiger partial charge in [0.25, 0.3) is 5.78 Å². The maximum absolute atomic E-state index is 11.0. The highest BCUT2D eigenvalue weighted by atomic mass is 16.5. The highest BCUT2D eigenvalue weighted by Gasteiger charge is 2.12. The molecule has 5 nitrogen and oxygen atoms in total. The average molecular weight is 207 g/mol. The number of aliphatic hydroxyl groups excluding tert-OH is 1. The summed E-state index contributed by atoms with van der Waals surface area (Å²) in [6, 6.07) is 3.16. The Kier molecular flexibility index (Phi) is 3.56. The molecule has 1 heterocycles. The van der Waals surface area contributed by atoms with Crippen LogP contribution in [0.15, 0.2) is 30.6 Å². The van der Waals surface area contributed by atoms with Crippen LogP contribution in [0.3, 0.4) is 0 Å². The van der Waals surface area contributed by atoms with Crippen LogP contribution in [0.5, 0.6) is 0 Å². The lowest BCUT2D eigenvalue weighted by molar-refractivity contribution is -0.149. The van der Waals surface area contributed by atoms with E-state index in [1.165, 1.54) is 12.4 Å². The van der Waals surface area contributed by atoms with E-state index in [1.54, 1.807) is 12.1 Å². The van der Waals surface area contributed by atoms with Crippen molar-refractivity contribution in [3.05, 3.63) is 36.2 Å². The fraction of sp³-hybridized carbons (Fsp3) is 0.100. The number of methoxy groups -OCH3 is 1. The Morgan fingerprint density at radius 1 is 1.53 bits per heavy atom. The Bertz CT molecular complexity index is 397. The summed E-state index contributed by atoms with van der Waals surface area (Å²) in [4.78, 5) is 25.5. The lowest BCUT2D eigenvalue weighted by Crippen LogP contribution is -2.13. The summed E-state index contributed by atoms with van der Waals surface area (Å²) in [5.41, 5.74) is 0.356. The fourth-order valence-corrected chi connectivity index (χ4v) is 0.881. The van der Waals surface area contributed by atoms with Gasteiger partial charge in [0.1, 0.15) is 5.76 Å². The van der Waals surface area contributed by atoms with E-state index in [4.69, 9.17) is 0 Å².